The Hall–Kier alpha value is -1.51. The summed E-state index contributed by atoms with van der Waals surface area (Å²) in [6.07, 6.45) is 6.21. The number of aromatic nitrogens is 2. The van der Waals surface area contributed by atoms with Crippen LogP contribution in [0.3, 0.4) is 0 Å². The van der Waals surface area contributed by atoms with Crippen molar-refractivity contribution in [1.82, 2.24) is 9.97 Å². The van der Waals surface area contributed by atoms with Gasteiger partial charge in [0, 0.05) is 6.20 Å². The first kappa shape index (κ1) is 7.60. The normalized spacial score (nSPS) is 10.3. The lowest BCUT2D eigenvalue weighted by molar-refractivity contribution is -0.112. The summed E-state index contributed by atoms with van der Waals surface area (Å²) in [5.41, 5.74) is 0.746. The van der Waals surface area contributed by atoms with E-state index < -0.39 is 0 Å². The predicted molar refractivity (Wildman–Crippen MR) is 41.7 cm³/mol. The molecule has 0 unspecified atom stereocenters. The molecule has 0 radical (unpaired) electrons. The second-order valence-electron chi connectivity index (χ2n) is 2.08. The van der Waals surface area contributed by atoms with Gasteiger partial charge in [0.25, 0.3) is 0 Å². The summed E-state index contributed by atoms with van der Waals surface area (Å²) in [6.45, 7) is 1.50. The molecular weight excluding hydrogens is 140 g/mol. The Morgan fingerprint density at radius 2 is 2.45 bits per heavy atom. The molecule has 0 amide bonds. The van der Waals surface area contributed by atoms with Crippen molar-refractivity contribution in [3.63, 3.8) is 0 Å². The maximum absolute atomic E-state index is 10.5. The number of hydrogen-bond acceptors (Lipinski definition) is 3. The molecule has 0 spiro atoms. The van der Waals surface area contributed by atoms with Crippen molar-refractivity contribution in [1.29, 1.82) is 0 Å². The molecule has 56 valence electrons. The van der Waals surface area contributed by atoms with Crippen LogP contribution in [0.15, 0.2) is 24.7 Å². The van der Waals surface area contributed by atoms with Crippen LogP contribution < -0.4 is 0 Å². The SMILES string of the molecule is CC(=O)/C=C/c1ccncn1. The summed E-state index contributed by atoms with van der Waals surface area (Å²) < 4.78 is 0. The minimum absolute atomic E-state index is 0.0172. The largest absolute Gasteiger partial charge is 0.295 e. The van der Waals surface area contributed by atoms with Gasteiger partial charge < -0.3 is 0 Å². The topological polar surface area (TPSA) is 42.9 Å². The highest BCUT2D eigenvalue weighted by Crippen LogP contribution is 1.93. The lowest BCUT2D eigenvalue weighted by Gasteiger charge is -1.86. The molecule has 3 heteroatoms. The predicted octanol–water partition coefficient (Wildman–Crippen LogP) is 1.08. The number of carbonyl (C=O) groups excluding carboxylic acids is 1. The van der Waals surface area contributed by atoms with Gasteiger partial charge >= 0.3 is 0 Å². The smallest absolute Gasteiger partial charge is 0.152 e. The number of carbonyl (C=O) groups is 1. The summed E-state index contributed by atoms with van der Waals surface area (Å²) in [4.78, 5) is 18.1. The Bertz CT molecular complexity index is 267. The van der Waals surface area contributed by atoms with Gasteiger partial charge in [-0.1, -0.05) is 0 Å². The molecule has 1 heterocycles. The third-order valence-electron chi connectivity index (χ3n) is 1.09. The van der Waals surface area contributed by atoms with Crippen molar-refractivity contribution in [2.24, 2.45) is 0 Å². The van der Waals surface area contributed by atoms with Crippen LogP contribution in [-0.4, -0.2) is 15.8 Å². The van der Waals surface area contributed by atoms with Crippen LogP contribution >= 0.6 is 0 Å². The molecule has 0 bridgehead atoms. The van der Waals surface area contributed by atoms with E-state index in [0.717, 1.165) is 5.69 Å². The van der Waals surface area contributed by atoms with Crippen molar-refractivity contribution >= 4 is 11.9 Å². The zero-order valence-corrected chi connectivity index (χ0v) is 6.19. The molecule has 0 saturated heterocycles. The fraction of sp³-hybridized carbons (Fsp3) is 0.125. The van der Waals surface area contributed by atoms with E-state index in [2.05, 4.69) is 9.97 Å². The van der Waals surface area contributed by atoms with Gasteiger partial charge in [0.1, 0.15) is 6.33 Å². The molecule has 1 aromatic rings. The molecule has 0 fully saturated rings. The van der Waals surface area contributed by atoms with Gasteiger partial charge in [-0.2, -0.15) is 0 Å². The third-order valence-corrected chi connectivity index (χ3v) is 1.09. The van der Waals surface area contributed by atoms with Gasteiger partial charge in [-0.25, -0.2) is 9.97 Å². The Morgan fingerprint density at radius 3 is 3.00 bits per heavy atom. The van der Waals surface area contributed by atoms with Gasteiger partial charge in [-0.3, -0.25) is 4.79 Å². The van der Waals surface area contributed by atoms with Crippen LogP contribution in [0, 0.1) is 0 Å². The van der Waals surface area contributed by atoms with E-state index in [1.54, 1.807) is 18.3 Å². The van der Waals surface area contributed by atoms with E-state index in [0.29, 0.717) is 0 Å². The van der Waals surface area contributed by atoms with Crippen molar-refractivity contribution in [2.75, 3.05) is 0 Å². The zero-order chi connectivity index (χ0) is 8.10. The number of ketones is 1. The molecule has 1 aromatic heterocycles. The van der Waals surface area contributed by atoms with Crippen LogP contribution in [0.25, 0.3) is 6.08 Å². The standard InChI is InChI=1S/C8H8N2O/c1-7(11)2-3-8-4-5-9-6-10-8/h2-6H,1H3/b3-2+. The highest BCUT2D eigenvalue weighted by Gasteiger charge is 1.85. The summed E-state index contributed by atoms with van der Waals surface area (Å²) in [7, 11) is 0. The van der Waals surface area contributed by atoms with Crippen molar-refractivity contribution in [3.8, 4) is 0 Å². The van der Waals surface area contributed by atoms with Gasteiger partial charge in [0.05, 0.1) is 5.69 Å². The number of allylic oxidation sites excluding steroid dienone is 1. The fourth-order valence-electron chi connectivity index (χ4n) is 0.602. The number of rotatable bonds is 2. The summed E-state index contributed by atoms with van der Waals surface area (Å²) in [5.74, 6) is 0.0172. The second kappa shape index (κ2) is 3.61. The fourth-order valence-corrected chi connectivity index (χ4v) is 0.602. The molecule has 3 nitrogen and oxygen atoms in total. The molecule has 0 N–H and O–H groups in total. The van der Waals surface area contributed by atoms with Crippen LogP contribution in [-0.2, 0) is 4.79 Å². The molecular formula is C8H8N2O. The maximum Gasteiger partial charge on any atom is 0.152 e. The Labute approximate surface area is 64.8 Å². The van der Waals surface area contributed by atoms with E-state index in [4.69, 9.17) is 0 Å². The molecule has 0 aliphatic rings. The average molecular weight is 148 g/mol. The van der Waals surface area contributed by atoms with Crippen LogP contribution in [0.4, 0.5) is 0 Å². The molecule has 0 aliphatic heterocycles. The van der Waals surface area contributed by atoms with E-state index in [-0.39, 0.29) is 5.78 Å². The summed E-state index contributed by atoms with van der Waals surface area (Å²) in [6, 6.07) is 1.74. The zero-order valence-electron chi connectivity index (χ0n) is 6.19. The molecule has 0 atom stereocenters. The van der Waals surface area contributed by atoms with Crippen molar-refractivity contribution in [2.45, 2.75) is 6.92 Å². The second-order valence-corrected chi connectivity index (χ2v) is 2.08. The third kappa shape index (κ3) is 2.71. The number of hydrogen-bond donors (Lipinski definition) is 0. The van der Waals surface area contributed by atoms with Gasteiger partial charge in [-0.05, 0) is 25.1 Å². The highest BCUT2D eigenvalue weighted by atomic mass is 16.1. The van der Waals surface area contributed by atoms with E-state index >= 15 is 0 Å². The Kier molecular flexibility index (Phi) is 2.49. The first-order valence-corrected chi connectivity index (χ1v) is 3.24. The van der Waals surface area contributed by atoms with Crippen LogP contribution in [0.5, 0.6) is 0 Å². The maximum atomic E-state index is 10.5. The van der Waals surface area contributed by atoms with E-state index in [1.165, 1.54) is 19.3 Å². The van der Waals surface area contributed by atoms with Gasteiger partial charge in [0.2, 0.25) is 0 Å². The molecule has 0 aromatic carbocycles. The average Bonchev–Trinajstić information content (AvgIpc) is 2.03. The van der Waals surface area contributed by atoms with E-state index in [9.17, 15) is 4.79 Å². The lowest BCUT2D eigenvalue weighted by atomic mass is 10.3. The summed E-state index contributed by atoms with van der Waals surface area (Å²) in [5, 5.41) is 0. The molecule has 0 saturated carbocycles. The summed E-state index contributed by atoms with van der Waals surface area (Å²) >= 11 is 0. The monoisotopic (exact) mass is 148 g/mol. The Morgan fingerprint density at radius 1 is 1.64 bits per heavy atom. The van der Waals surface area contributed by atoms with E-state index in [1.807, 2.05) is 0 Å². The van der Waals surface area contributed by atoms with Gasteiger partial charge in [0.15, 0.2) is 5.78 Å². The highest BCUT2D eigenvalue weighted by molar-refractivity contribution is 5.91. The van der Waals surface area contributed by atoms with Crippen LogP contribution in [0.1, 0.15) is 12.6 Å². The van der Waals surface area contributed by atoms with Crippen LogP contribution in [0.2, 0.25) is 0 Å². The minimum Gasteiger partial charge on any atom is -0.295 e. The van der Waals surface area contributed by atoms with Crippen molar-refractivity contribution < 1.29 is 4.79 Å². The van der Waals surface area contributed by atoms with Crippen molar-refractivity contribution in [3.05, 3.63) is 30.4 Å². The first-order chi connectivity index (χ1) is 5.29. The molecule has 1 rings (SSSR count). The lowest BCUT2D eigenvalue weighted by Crippen LogP contribution is -1.83. The Balaban J connectivity index is 2.72. The minimum atomic E-state index is 0.0172. The first-order valence-electron chi connectivity index (χ1n) is 3.24. The quantitative estimate of drug-likeness (QED) is 0.589. The number of nitrogens with zero attached hydrogens (tertiary/aromatic N) is 2. The van der Waals surface area contributed by atoms with Gasteiger partial charge in [-0.15, -0.1) is 0 Å². The molecule has 0 aliphatic carbocycles. The molecule has 11 heavy (non-hydrogen) atoms.